The van der Waals surface area contributed by atoms with Crippen LogP contribution in [0.1, 0.15) is 19.5 Å². The molecule has 1 fully saturated rings. The Morgan fingerprint density at radius 3 is 2.88 bits per heavy atom. The predicted molar refractivity (Wildman–Crippen MR) is 90.6 cm³/mol. The van der Waals surface area contributed by atoms with Crippen molar-refractivity contribution in [2.75, 3.05) is 39.8 Å². The van der Waals surface area contributed by atoms with Gasteiger partial charge in [-0.1, -0.05) is 6.07 Å². The van der Waals surface area contributed by atoms with Crippen LogP contribution >= 0.6 is 0 Å². The molecule has 7 heteroatoms. The molecule has 2 rings (SSSR count). The van der Waals surface area contributed by atoms with E-state index in [4.69, 9.17) is 4.74 Å². The van der Waals surface area contributed by atoms with E-state index in [2.05, 4.69) is 10.3 Å². The molecule has 0 aliphatic carbocycles. The van der Waals surface area contributed by atoms with Crippen LogP contribution in [0.2, 0.25) is 0 Å². The number of hydrogen-bond donors (Lipinski definition) is 1. The van der Waals surface area contributed by atoms with Gasteiger partial charge in [-0.05, 0) is 26.0 Å². The second kappa shape index (κ2) is 8.10. The Bertz CT molecular complexity index is 562. The lowest BCUT2D eigenvalue weighted by atomic mass is 10.1. The van der Waals surface area contributed by atoms with Crippen LogP contribution in [0.3, 0.4) is 0 Å². The van der Waals surface area contributed by atoms with Gasteiger partial charge in [0.2, 0.25) is 5.91 Å². The van der Waals surface area contributed by atoms with Crippen LogP contribution < -0.4 is 5.32 Å². The first-order valence-corrected chi connectivity index (χ1v) is 8.18. The zero-order chi connectivity index (χ0) is 17.6. The van der Waals surface area contributed by atoms with Crippen molar-refractivity contribution in [1.82, 2.24) is 20.1 Å². The Labute approximate surface area is 143 Å². The lowest BCUT2D eigenvalue weighted by Gasteiger charge is -2.38. The molecule has 1 N–H and O–H groups in total. The number of nitrogens with zero attached hydrogens (tertiary/aromatic N) is 3. The van der Waals surface area contributed by atoms with E-state index in [1.54, 1.807) is 23.0 Å². The van der Waals surface area contributed by atoms with E-state index in [-0.39, 0.29) is 24.1 Å². The largest absolute Gasteiger partial charge is 0.372 e. The minimum absolute atomic E-state index is 0.00463. The Hall–Kier alpha value is -2.15. The summed E-state index contributed by atoms with van der Waals surface area (Å²) in [5.74, 6) is -0.119. The number of carbonyl (C=O) groups is 2. The molecule has 0 atom stereocenters. The fourth-order valence-electron chi connectivity index (χ4n) is 2.54. The molecule has 24 heavy (non-hydrogen) atoms. The molecule has 2 heterocycles. The van der Waals surface area contributed by atoms with Crippen LogP contribution in [0.5, 0.6) is 0 Å². The van der Waals surface area contributed by atoms with Gasteiger partial charge in [0.25, 0.3) is 0 Å². The third-order valence-corrected chi connectivity index (χ3v) is 3.96. The van der Waals surface area contributed by atoms with Gasteiger partial charge in [0.15, 0.2) is 0 Å². The maximum atomic E-state index is 12.2. The van der Waals surface area contributed by atoms with Gasteiger partial charge in [0.1, 0.15) is 0 Å². The number of ether oxygens (including phenoxy) is 1. The second-order valence-electron chi connectivity index (χ2n) is 6.57. The van der Waals surface area contributed by atoms with Gasteiger partial charge in [-0.15, -0.1) is 0 Å². The summed E-state index contributed by atoms with van der Waals surface area (Å²) in [5.41, 5.74) is 0.593. The quantitative estimate of drug-likeness (QED) is 0.868. The number of rotatable bonds is 5. The summed E-state index contributed by atoms with van der Waals surface area (Å²) in [6.45, 7) is 6.03. The van der Waals surface area contributed by atoms with Crippen LogP contribution in [-0.2, 0) is 16.0 Å². The minimum Gasteiger partial charge on any atom is -0.372 e. The van der Waals surface area contributed by atoms with Crippen molar-refractivity contribution >= 4 is 11.9 Å². The van der Waals surface area contributed by atoms with Gasteiger partial charge in [-0.25, -0.2) is 4.79 Å². The second-order valence-corrected chi connectivity index (χ2v) is 6.57. The van der Waals surface area contributed by atoms with Crippen molar-refractivity contribution in [1.29, 1.82) is 0 Å². The highest BCUT2D eigenvalue weighted by molar-refractivity contribution is 5.84. The summed E-state index contributed by atoms with van der Waals surface area (Å²) < 4.78 is 5.58. The zero-order valence-corrected chi connectivity index (χ0v) is 14.6. The lowest BCUT2D eigenvalue weighted by molar-refractivity contribution is -0.128. The molecule has 0 unspecified atom stereocenters. The van der Waals surface area contributed by atoms with E-state index < -0.39 is 0 Å². The molecule has 1 aliphatic rings. The van der Waals surface area contributed by atoms with Crippen molar-refractivity contribution in [3.8, 4) is 0 Å². The molecule has 1 aromatic rings. The lowest BCUT2D eigenvalue weighted by Crippen LogP contribution is -2.54. The number of hydrogen-bond acceptors (Lipinski definition) is 4. The minimum atomic E-state index is -0.348. The monoisotopic (exact) mass is 334 g/mol. The van der Waals surface area contributed by atoms with Gasteiger partial charge in [-0.2, -0.15) is 0 Å². The number of carbonyl (C=O) groups excluding carboxylic acids is 2. The van der Waals surface area contributed by atoms with Gasteiger partial charge in [-0.3, -0.25) is 9.78 Å². The smallest absolute Gasteiger partial charge is 0.318 e. The van der Waals surface area contributed by atoms with Crippen LogP contribution in [0.15, 0.2) is 24.4 Å². The number of amides is 3. The van der Waals surface area contributed by atoms with E-state index in [0.717, 1.165) is 5.69 Å². The molecule has 132 valence electrons. The average molecular weight is 334 g/mol. The Morgan fingerprint density at radius 1 is 1.42 bits per heavy atom. The third-order valence-electron chi connectivity index (χ3n) is 3.96. The number of pyridine rings is 1. The van der Waals surface area contributed by atoms with E-state index >= 15 is 0 Å². The summed E-state index contributed by atoms with van der Waals surface area (Å²) >= 11 is 0. The molecular formula is C17H26N4O3. The fraction of sp³-hybridized carbons (Fsp3) is 0.588. The van der Waals surface area contributed by atoms with E-state index in [0.29, 0.717) is 32.7 Å². The molecule has 1 aliphatic heterocycles. The summed E-state index contributed by atoms with van der Waals surface area (Å²) in [7, 11) is 1.73. The molecule has 0 spiro atoms. The van der Waals surface area contributed by atoms with Crippen LogP contribution in [0.4, 0.5) is 4.79 Å². The molecule has 1 saturated heterocycles. The van der Waals surface area contributed by atoms with Crippen LogP contribution in [-0.4, -0.2) is 72.2 Å². The third kappa shape index (κ3) is 5.49. The van der Waals surface area contributed by atoms with Gasteiger partial charge >= 0.3 is 6.03 Å². The van der Waals surface area contributed by atoms with Crippen LogP contribution in [0.25, 0.3) is 0 Å². The SMILES string of the molecule is CN(CCc1ccccn1)C(=O)CNC(=O)N1CCOC(C)(C)C1. The molecule has 0 saturated carbocycles. The Kier molecular flexibility index (Phi) is 6.14. The number of likely N-dealkylation sites (N-methyl/N-ethyl adjacent to an activating group) is 1. The maximum absolute atomic E-state index is 12.2. The highest BCUT2D eigenvalue weighted by atomic mass is 16.5. The highest BCUT2D eigenvalue weighted by Gasteiger charge is 2.30. The van der Waals surface area contributed by atoms with Gasteiger partial charge < -0.3 is 19.9 Å². The first-order chi connectivity index (χ1) is 11.4. The number of morpholine rings is 1. The molecule has 0 bridgehead atoms. The van der Waals surface area contributed by atoms with Gasteiger partial charge in [0, 0.05) is 38.4 Å². The summed E-state index contributed by atoms with van der Waals surface area (Å²) in [5, 5.41) is 2.69. The Balaban J connectivity index is 1.72. The number of nitrogens with one attached hydrogen (secondary N) is 1. The zero-order valence-electron chi connectivity index (χ0n) is 14.6. The van der Waals surface area contributed by atoms with Crippen molar-refractivity contribution in [3.05, 3.63) is 30.1 Å². The Morgan fingerprint density at radius 2 is 2.21 bits per heavy atom. The molecule has 0 aromatic carbocycles. The maximum Gasteiger partial charge on any atom is 0.318 e. The normalized spacial score (nSPS) is 16.5. The van der Waals surface area contributed by atoms with E-state index in [9.17, 15) is 9.59 Å². The highest BCUT2D eigenvalue weighted by Crippen LogP contribution is 2.16. The summed E-state index contributed by atoms with van der Waals surface area (Å²) in [4.78, 5) is 31.8. The number of urea groups is 1. The molecule has 7 nitrogen and oxygen atoms in total. The fourth-order valence-corrected chi connectivity index (χ4v) is 2.54. The van der Waals surface area contributed by atoms with Crippen molar-refractivity contribution in [2.45, 2.75) is 25.9 Å². The molecule has 1 aromatic heterocycles. The molecular weight excluding hydrogens is 308 g/mol. The first-order valence-electron chi connectivity index (χ1n) is 8.18. The predicted octanol–water partition coefficient (Wildman–Crippen LogP) is 0.903. The van der Waals surface area contributed by atoms with Crippen LogP contribution in [0, 0.1) is 0 Å². The summed E-state index contributed by atoms with van der Waals surface area (Å²) in [6.07, 6.45) is 2.43. The van der Waals surface area contributed by atoms with E-state index in [1.807, 2.05) is 32.0 Å². The van der Waals surface area contributed by atoms with Crippen molar-refractivity contribution < 1.29 is 14.3 Å². The first kappa shape index (κ1) is 18.2. The van der Waals surface area contributed by atoms with E-state index in [1.165, 1.54) is 0 Å². The van der Waals surface area contributed by atoms with Crippen molar-refractivity contribution in [3.63, 3.8) is 0 Å². The average Bonchev–Trinajstić information content (AvgIpc) is 2.57. The number of aromatic nitrogens is 1. The summed E-state index contributed by atoms with van der Waals surface area (Å²) in [6, 6.07) is 5.49. The molecule has 0 radical (unpaired) electrons. The molecule has 3 amide bonds. The standard InChI is InChI=1S/C17H26N4O3/c1-17(2)13-21(10-11-24-17)16(23)19-12-15(22)20(3)9-7-14-6-4-5-8-18-14/h4-6,8H,7,9-13H2,1-3H3,(H,19,23). The topological polar surface area (TPSA) is 74.8 Å². The van der Waals surface area contributed by atoms with Gasteiger partial charge in [0.05, 0.1) is 25.3 Å². The van der Waals surface area contributed by atoms with Crippen molar-refractivity contribution in [2.24, 2.45) is 0 Å².